The molecule has 2 N–H and O–H groups in total. The molecule has 1 aliphatic heterocycles. The Hall–Kier alpha value is -1.31. The van der Waals surface area contributed by atoms with Crippen LogP contribution in [0.3, 0.4) is 0 Å². The van der Waals surface area contributed by atoms with Crippen molar-refractivity contribution in [2.45, 2.75) is 30.2 Å². The van der Waals surface area contributed by atoms with Gasteiger partial charge in [0.2, 0.25) is 10.0 Å². The molecule has 0 amide bonds. The van der Waals surface area contributed by atoms with Crippen LogP contribution in [0.4, 0.5) is 5.69 Å². The van der Waals surface area contributed by atoms with Crippen LogP contribution < -0.4 is 5.73 Å². The molecule has 21 heavy (non-hydrogen) atoms. The summed E-state index contributed by atoms with van der Waals surface area (Å²) in [5.74, 6) is -0.557. The van der Waals surface area contributed by atoms with Crippen molar-refractivity contribution in [3.05, 3.63) is 23.2 Å². The van der Waals surface area contributed by atoms with Crippen molar-refractivity contribution in [2.75, 3.05) is 19.4 Å². The third-order valence-electron chi connectivity index (χ3n) is 3.49. The molecule has 1 unspecified atom stereocenters. The fraction of sp³-hybridized carbons (Fsp3) is 0.462. The number of nitrogens with zero attached hydrogens (tertiary/aromatic N) is 1. The van der Waals surface area contributed by atoms with E-state index in [1.54, 1.807) is 0 Å². The summed E-state index contributed by atoms with van der Waals surface area (Å²) in [7, 11) is -2.65. The Morgan fingerprint density at radius 3 is 2.81 bits per heavy atom. The van der Waals surface area contributed by atoms with Crippen LogP contribution in [0.1, 0.15) is 19.3 Å². The molecule has 1 aliphatic rings. The molecule has 0 aromatic heterocycles. The molecule has 6 nitrogen and oxygen atoms in total. The van der Waals surface area contributed by atoms with Crippen molar-refractivity contribution in [3.63, 3.8) is 0 Å². The normalized spacial score (nSPS) is 20.2. The second-order valence-corrected chi connectivity index (χ2v) is 7.13. The highest BCUT2D eigenvalue weighted by Gasteiger charge is 2.39. The van der Waals surface area contributed by atoms with Gasteiger partial charge in [-0.1, -0.05) is 11.6 Å². The molecule has 0 spiro atoms. The molecule has 1 aromatic carbocycles. The van der Waals surface area contributed by atoms with Crippen molar-refractivity contribution < 1.29 is 17.9 Å². The molecule has 0 aliphatic carbocycles. The molecule has 2 rings (SSSR count). The number of hydrogen-bond donors (Lipinski definition) is 1. The lowest BCUT2D eigenvalue weighted by atomic mass is 10.1. The SMILES string of the molecule is COC(=O)C1CCCCN1S(=O)(=O)c1cc(Cl)ccc1N. The Morgan fingerprint density at radius 1 is 1.43 bits per heavy atom. The number of anilines is 1. The predicted octanol–water partition coefficient (Wildman–Crippen LogP) is 1.64. The van der Waals surface area contributed by atoms with Gasteiger partial charge in [0.05, 0.1) is 12.8 Å². The number of benzene rings is 1. The topological polar surface area (TPSA) is 89.7 Å². The summed E-state index contributed by atoms with van der Waals surface area (Å²) in [6.45, 7) is 0.258. The van der Waals surface area contributed by atoms with Gasteiger partial charge in [-0.2, -0.15) is 4.31 Å². The fourth-order valence-electron chi connectivity index (χ4n) is 2.42. The van der Waals surface area contributed by atoms with E-state index in [-0.39, 0.29) is 22.2 Å². The van der Waals surface area contributed by atoms with Gasteiger partial charge < -0.3 is 10.5 Å². The molecule has 0 bridgehead atoms. The van der Waals surface area contributed by atoms with Crippen molar-refractivity contribution in [2.24, 2.45) is 0 Å². The average molecular weight is 333 g/mol. The number of piperidine rings is 1. The van der Waals surface area contributed by atoms with Crippen LogP contribution in [0.2, 0.25) is 5.02 Å². The summed E-state index contributed by atoms with van der Waals surface area (Å²) in [4.78, 5) is 11.7. The second kappa shape index (κ2) is 6.21. The number of esters is 1. The third kappa shape index (κ3) is 3.14. The van der Waals surface area contributed by atoms with Crippen LogP contribution in [0.5, 0.6) is 0 Å². The lowest BCUT2D eigenvalue weighted by Gasteiger charge is -2.32. The van der Waals surface area contributed by atoms with Gasteiger partial charge in [0, 0.05) is 11.6 Å². The maximum Gasteiger partial charge on any atom is 0.324 e. The Kier molecular flexibility index (Phi) is 4.75. The maximum absolute atomic E-state index is 12.8. The van der Waals surface area contributed by atoms with E-state index in [9.17, 15) is 13.2 Å². The smallest absolute Gasteiger partial charge is 0.324 e. The molecule has 1 atom stereocenters. The van der Waals surface area contributed by atoms with Gasteiger partial charge in [-0.05, 0) is 37.5 Å². The molecule has 8 heteroatoms. The van der Waals surface area contributed by atoms with Crippen LogP contribution in [0, 0.1) is 0 Å². The first kappa shape index (κ1) is 16.1. The quantitative estimate of drug-likeness (QED) is 0.671. The summed E-state index contributed by atoms with van der Waals surface area (Å²) in [5, 5.41) is 0.273. The zero-order valence-corrected chi connectivity index (χ0v) is 13.2. The van der Waals surface area contributed by atoms with Gasteiger partial charge in [0.15, 0.2) is 0 Å². The highest BCUT2D eigenvalue weighted by molar-refractivity contribution is 7.89. The number of halogens is 1. The standard InChI is InChI=1S/C13H17ClN2O4S/c1-20-13(17)11-4-2-3-7-16(11)21(18,19)12-8-9(14)5-6-10(12)15/h5-6,8,11H,2-4,7,15H2,1H3. The lowest BCUT2D eigenvalue weighted by Crippen LogP contribution is -2.48. The lowest BCUT2D eigenvalue weighted by molar-refractivity contribution is -0.146. The van der Waals surface area contributed by atoms with Gasteiger partial charge in [-0.15, -0.1) is 0 Å². The molecule has 1 heterocycles. The number of hydrogen-bond acceptors (Lipinski definition) is 5. The molecular weight excluding hydrogens is 316 g/mol. The van der Waals surface area contributed by atoms with E-state index in [1.807, 2.05) is 0 Å². The zero-order chi connectivity index (χ0) is 15.6. The molecule has 1 saturated heterocycles. The van der Waals surface area contributed by atoms with Crippen LogP contribution in [-0.4, -0.2) is 38.4 Å². The predicted molar refractivity (Wildman–Crippen MR) is 79.4 cm³/mol. The van der Waals surface area contributed by atoms with E-state index >= 15 is 0 Å². The summed E-state index contributed by atoms with van der Waals surface area (Å²) >= 11 is 5.86. The maximum atomic E-state index is 12.8. The number of nitrogen functional groups attached to an aromatic ring is 1. The van der Waals surface area contributed by atoms with Crippen molar-refractivity contribution in [3.8, 4) is 0 Å². The average Bonchev–Trinajstić information content (AvgIpc) is 2.48. The molecule has 116 valence electrons. The van der Waals surface area contributed by atoms with E-state index in [1.165, 1.54) is 25.3 Å². The van der Waals surface area contributed by atoms with Gasteiger partial charge in [-0.25, -0.2) is 8.42 Å². The fourth-order valence-corrected chi connectivity index (χ4v) is 4.45. The number of carbonyl (C=O) groups is 1. The molecule has 1 fully saturated rings. The molecule has 0 saturated carbocycles. The molecule has 0 radical (unpaired) electrons. The van der Waals surface area contributed by atoms with Crippen LogP contribution in [0.25, 0.3) is 0 Å². The zero-order valence-electron chi connectivity index (χ0n) is 11.6. The van der Waals surface area contributed by atoms with Crippen molar-refractivity contribution in [1.82, 2.24) is 4.31 Å². The number of methoxy groups -OCH3 is 1. The van der Waals surface area contributed by atoms with Gasteiger partial charge in [0.1, 0.15) is 10.9 Å². The Bertz CT molecular complexity index is 648. The highest BCUT2D eigenvalue weighted by atomic mass is 35.5. The minimum absolute atomic E-state index is 0.0780. The van der Waals surface area contributed by atoms with Crippen molar-refractivity contribution >= 4 is 33.3 Å². The Morgan fingerprint density at radius 2 is 2.14 bits per heavy atom. The first-order valence-electron chi connectivity index (χ1n) is 6.52. The highest BCUT2D eigenvalue weighted by Crippen LogP contribution is 2.30. The third-order valence-corrected chi connectivity index (χ3v) is 5.69. The molecule has 1 aromatic rings. The van der Waals surface area contributed by atoms with Crippen LogP contribution >= 0.6 is 11.6 Å². The molecular formula is C13H17ClN2O4S. The largest absolute Gasteiger partial charge is 0.468 e. The van der Waals surface area contributed by atoms with E-state index in [0.29, 0.717) is 12.8 Å². The van der Waals surface area contributed by atoms with Gasteiger partial charge in [0.25, 0.3) is 0 Å². The summed E-state index contributed by atoms with van der Waals surface area (Å²) in [5.41, 5.74) is 5.86. The number of ether oxygens (including phenoxy) is 1. The summed E-state index contributed by atoms with van der Waals surface area (Å²) in [6.07, 6.45) is 1.90. The van der Waals surface area contributed by atoms with Gasteiger partial charge >= 0.3 is 5.97 Å². The Labute approximate surface area is 128 Å². The number of sulfonamides is 1. The summed E-state index contributed by atoms with van der Waals surface area (Å²) < 4.78 is 31.4. The van der Waals surface area contributed by atoms with Gasteiger partial charge in [-0.3, -0.25) is 4.79 Å². The first-order chi connectivity index (χ1) is 9.87. The van der Waals surface area contributed by atoms with Crippen molar-refractivity contribution in [1.29, 1.82) is 0 Å². The van der Waals surface area contributed by atoms with E-state index < -0.39 is 22.0 Å². The first-order valence-corrected chi connectivity index (χ1v) is 8.34. The van der Waals surface area contributed by atoms with E-state index in [0.717, 1.165) is 10.7 Å². The summed E-state index contributed by atoms with van der Waals surface area (Å²) in [6, 6.07) is 3.44. The van der Waals surface area contributed by atoms with Crippen LogP contribution in [-0.2, 0) is 19.6 Å². The minimum Gasteiger partial charge on any atom is -0.468 e. The number of nitrogens with two attached hydrogens (primary N) is 1. The second-order valence-electron chi connectivity index (χ2n) is 4.83. The number of carbonyl (C=O) groups excluding carboxylic acids is 1. The Balaban J connectivity index is 2.45. The van der Waals surface area contributed by atoms with E-state index in [2.05, 4.69) is 0 Å². The number of rotatable bonds is 3. The monoisotopic (exact) mass is 332 g/mol. The van der Waals surface area contributed by atoms with E-state index in [4.69, 9.17) is 22.1 Å². The minimum atomic E-state index is -3.90. The van der Waals surface area contributed by atoms with Crippen LogP contribution in [0.15, 0.2) is 23.1 Å².